The van der Waals surface area contributed by atoms with Gasteiger partial charge in [-0.1, -0.05) is 12.2 Å². The lowest BCUT2D eigenvalue weighted by molar-refractivity contribution is -0.501. The highest BCUT2D eigenvalue weighted by molar-refractivity contribution is 9.09. The van der Waals surface area contributed by atoms with Crippen LogP contribution in [0.1, 0.15) is 6.92 Å². The van der Waals surface area contributed by atoms with Gasteiger partial charge in [-0.2, -0.15) is 0 Å². The summed E-state index contributed by atoms with van der Waals surface area (Å²) in [4.78, 5) is 8.28. The predicted molar refractivity (Wildman–Crippen MR) is 40.5 cm³/mol. The average Bonchev–Trinajstić information content (AvgIpc) is 1.87. The minimum Gasteiger partial charge on any atom is -0.381 e. The summed E-state index contributed by atoms with van der Waals surface area (Å²) in [5.41, 5.74) is 0. The van der Waals surface area contributed by atoms with E-state index in [9.17, 15) is 10.1 Å². The molecule has 0 radical (unpaired) electrons. The number of alkyl halides is 1. The van der Waals surface area contributed by atoms with Crippen LogP contribution < -0.4 is 0 Å². The smallest absolute Gasteiger partial charge is 0.294 e. The van der Waals surface area contributed by atoms with E-state index in [0.29, 0.717) is 0 Å². The van der Waals surface area contributed by atoms with Crippen LogP contribution in [0.4, 0.5) is 0 Å². The molecule has 0 aliphatic heterocycles. The van der Waals surface area contributed by atoms with E-state index in [2.05, 4.69) is 15.9 Å². The lowest BCUT2D eigenvalue weighted by Crippen LogP contribution is -2.25. The summed E-state index contributed by atoms with van der Waals surface area (Å²) >= 11 is 2.71. The van der Waals surface area contributed by atoms with E-state index in [1.54, 1.807) is 13.0 Å². The van der Waals surface area contributed by atoms with Crippen molar-refractivity contribution in [2.45, 2.75) is 18.0 Å². The van der Waals surface area contributed by atoms with E-state index >= 15 is 0 Å². The number of halogens is 1. The van der Waals surface area contributed by atoms with Gasteiger partial charge in [-0.3, -0.25) is 10.1 Å². The van der Waals surface area contributed by atoms with Crippen LogP contribution in [0.5, 0.6) is 0 Å². The Labute approximate surface area is 66.8 Å². The summed E-state index contributed by atoms with van der Waals surface area (Å²) in [6, 6.07) is 0. The monoisotopic (exact) mass is 209 g/mol. The molecule has 5 heteroatoms. The molecule has 0 aromatic carbocycles. The molecule has 0 saturated heterocycles. The predicted octanol–water partition coefficient (Wildman–Crippen LogP) is 0.921. The van der Waals surface area contributed by atoms with E-state index < -0.39 is 16.0 Å². The minimum absolute atomic E-state index is 0.593. The van der Waals surface area contributed by atoms with Crippen molar-refractivity contribution in [1.29, 1.82) is 0 Å². The maximum Gasteiger partial charge on any atom is 0.294 e. The van der Waals surface area contributed by atoms with Crippen molar-refractivity contribution < 1.29 is 10.0 Å². The molecule has 2 unspecified atom stereocenters. The van der Waals surface area contributed by atoms with Crippen molar-refractivity contribution in [3.63, 3.8) is 0 Å². The van der Waals surface area contributed by atoms with Gasteiger partial charge >= 0.3 is 0 Å². The van der Waals surface area contributed by atoms with Crippen LogP contribution >= 0.6 is 15.9 Å². The molecular weight excluding hydrogens is 202 g/mol. The molecule has 0 heterocycles. The van der Waals surface area contributed by atoms with Gasteiger partial charge in [0.2, 0.25) is 0 Å². The van der Waals surface area contributed by atoms with Crippen LogP contribution in [0, 0.1) is 10.1 Å². The Morgan fingerprint density at radius 3 is 2.60 bits per heavy atom. The van der Waals surface area contributed by atoms with E-state index in [0.717, 1.165) is 0 Å². The molecule has 0 aliphatic rings. The minimum atomic E-state index is -1.11. The standard InChI is InChI=1S/C5H8BrNO3/c1-2-3-4(8)5(6)7(9)10/h2-5,8H,1H3. The molecule has 0 spiro atoms. The maximum atomic E-state index is 9.98. The zero-order chi connectivity index (χ0) is 8.15. The van der Waals surface area contributed by atoms with E-state index in [-0.39, 0.29) is 0 Å². The summed E-state index contributed by atoms with van der Waals surface area (Å²) in [6.45, 7) is 1.68. The highest BCUT2D eigenvalue weighted by Crippen LogP contribution is 2.06. The van der Waals surface area contributed by atoms with Crippen molar-refractivity contribution in [1.82, 2.24) is 0 Å². The first-order valence-electron chi connectivity index (χ1n) is 2.68. The lowest BCUT2D eigenvalue weighted by atomic mass is 10.3. The van der Waals surface area contributed by atoms with Gasteiger partial charge in [0.25, 0.3) is 4.95 Å². The Morgan fingerprint density at radius 1 is 1.80 bits per heavy atom. The maximum absolute atomic E-state index is 9.98. The Kier molecular flexibility index (Phi) is 4.22. The van der Waals surface area contributed by atoms with Crippen LogP contribution in [0.15, 0.2) is 12.2 Å². The zero-order valence-corrected chi connectivity index (χ0v) is 6.98. The van der Waals surface area contributed by atoms with E-state index in [4.69, 9.17) is 5.11 Å². The number of allylic oxidation sites excluding steroid dienone is 1. The molecule has 0 fully saturated rings. The first-order chi connectivity index (χ1) is 4.59. The molecule has 2 atom stereocenters. The Balaban J connectivity index is 3.93. The van der Waals surface area contributed by atoms with Gasteiger partial charge in [0, 0.05) is 4.92 Å². The molecule has 0 bridgehead atoms. The molecule has 0 saturated carbocycles. The molecule has 4 nitrogen and oxygen atoms in total. The number of nitro groups is 1. The van der Waals surface area contributed by atoms with Crippen LogP contribution in [-0.2, 0) is 0 Å². The molecular formula is C5H8BrNO3. The number of aliphatic hydroxyl groups is 1. The van der Waals surface area contributed by atoms with Gasteiger partial charge in [-0.15, -0.1) is 0 Å². The fraction of sp³-hybridized carbons (Fsp3) is 0.600. The second-order valence-corrected chi connectivity index (χ2v) is 2.61. The third-order valence-electron chi connectivity index (χ3n) is 0.873. The summed E-state index contributed by atoms with van der Waals surface area (Å²) in [5, 5.41) is 18.9. The molecule has 0 aliphatic carbocycles. The van der Waals surface area contributed by atoms with Crippen LogP contribution in [0.3, 0.4) is 0 Å². The summed E-state index contributed by atoms with van der Waals surface area (Å²) < 4.78 is 0. The molecule has 1 N–H and O–H groups in total. The van der Waals surface area contributed by atoms with Crippen molar-refractivity contribution in [3.05, 3.63) is 22.3 Å². The molecule has 0 aromatic heterocycles. The normalized spacial score (nSPS) is 17.1. The Hall–Kier alpha value is -0.420. The van der Waals surface area contributed by atoms with Gasteiger partial charge < -0.3 is 5.11 Å². The van der Waals surface area contributed by atoms with Gasteiger partial charge in [0.15, 0.2) is 0 Å². The summed E-state index contributed by atoms with van der Waals surface area (Å²) in [6.07, 6.45) is 1.85. The van der Waals surface area contributed by atoms with Crippen molar-refractivity contribution >= 4 is 15.9 Å². The fourth-order valence-corrected chi connectivity index (χ4v) is 0.590. The van der Waals surface area contributed by atoms with Crippen molar-refractivity contribution in [2.24, 2.45) is 0 Å². The van der Waals surface area contributed by atoms with Gasteiger partial charge in [-0.05, 0) is 22.9 Å². The third kappa shape index (κ3) is 2.93. The second-order valence-electron chi connectivity index (χ2n) is 1.67. The highest BCUT2D eigenvalue weighted by atomic mass is 79.9. The highest BCUT2D eigenvalue weighted by Gasteiger charge is 2.22. The number of aliphatic hydroxyl groups excluding tert-OH is 1. The average molecular weight is 210 g/mol. The first-order valence-corrected chi connectivity index (χ1v) is 3.59. The van der Waals surface area contributed by atoms with E-state index in [1.807, 2.05) is 0 Å². The quantitative estimate of drug-likeness (QED) is 0.247. The number of hydrogen-bond donors (Lipinski definition) is 1. The second kappa shape index (κ2) is 4.40. The Bertz CT molecular complexity index is 148. The van der Waals surface area contributed by atoms with Gasteiger partial charge in [-0.25, -0.2) is 0 Å². The van der Waals surface area contributed by atoms with Gasteiger partial charge in [0.05, 0.1) is 0 Å². The largest absolute Gasteiger partial charge is 0.381 e. The number of nitrogens with zero attached hydrogens (tertiary/aromatic N) is 1. The van der Waals surface area contributed by atoms with Crippen LogP contribution in [-0.4, -0.2) is 21.1 Å². The molecule has 0 amide bonds. The van der Waals surface area contributed by atoms with Gasteiger partial charge in [0.1, 0.15) is 6.10 Å². The summed E-state index contributed by atoms with van der Waals surface area (Å²) in [5.74, 6) is 0. The van der Waals surface area contributed by atoms with Crippen molar-refractivity contribution in [3.8, 4) is 0 Å². The number of rotatable bonds is 3. The van der Waals surface area contributed by atoms with Crippen LogP contribution in [0.25, 0.3) is 0 Å². The van der Waals surface area contributed by atoms with E-state index in [1.165, 1.54) is 6.08 Å². The molecule has 58 valence electrons. The SMILES string of the molecule is CC=CC(O)C(Br)[N+](=O)[O-]. The Morgan fingerprint density at radius 2 is 2.30 bits per heavy atom. The first kappa shape index (κ1) is 9.58. The zero-order valence-electron chi connectivity index (χ0n) is 5.40. The third-order valence-corrected chi connectivity index (χ3v) is 1.75. The summed E-state index contributed by atoms with van der Waals surface area (Å²) in [7, 11) is 0. The fourth-order valence-electron chi connectivity index (χ4n) is 0.414. The van der Waals surface area contributed by atoms with Crippen molar-refractivity contribution in [2.75, 3.05) is 0 Å². The molecule has 0 aromatic rings. The number of hydrogen-bond acceptors (Lipinski definition) is 3. The van der Waals surface area contributed by atoms with Crippen LogP contribution in [0.2, 0.25) is 0 Å². The molecule has 10 heavy (non-hydrogen) atoms. The topological polar surface area (TPSA) is 63.4 Å². The lowest BCUT2D eigenvalue weighted by Gasteiger charge is -2.04. The molecule has 0 rings (SSSR count).